The summed E-state index contributed by atoms with van der Waals surface area (Å²) in [5, 5.41) is 1.29. The minimum absolute atomic E-state index is 0.121. The number of fused-ring (bicyclic) bond motifs is 6. The third-order valence-electron chi connectivity index (χ3n) is 25.8. The Bertz CT molecular complexity index is 5860. The number of pyridine rings is 6. The summed E-state index contributed by atoms with van der Waals surface area (Å²) in [6.07, 6.45) is 27.0. The van der Waals surface area contributed by atoms with Crippen molar-refractivity contribution in [1.82, 2.24) is 77.2 Å². The van der Waals surface area contributed by atoms with Crippen LogP contribution in [0.1, 0.15) is 208 Å². The van der Waals surface area contributed by atoms with E-state index in [1.807, 2.05) is 138 Å². The van der Waals surface area contributed by atoms with Gasteiger partial charge < -0.3 is 74.6 Å². The Labute approximate surface area is 721 Å². The van der Waals surface area contributed by atoms with Crippen molar-refractivity contribution in [1.29, 1.82) is 0 Å². The molecule has 6 saturated heterocycles. The van der Waals surface area contributed by atoms with E-state index in [0.717, 1.165) is 98.4 Å². The monoisotopic (exact) mass is 1760 g/mol. The van der Waals surface area contributed by atoms with Gasteiger partial charge in [-0.15, -0.1) is 0 Å². The van der Waals surface area contributed by atoms with Crippen molar-refractivity contribution < 1.29 is 54.8 Å². The van der Waals surface area contributed by atoms with Crippen molar-refractivity contribution in [2.75, 3.05) is 26.2 Å². The van der Waals surface area contributed by atoms with Gasteiger partial charge in [-0.2, -0.15) is 0 Å². The molecular formula is C86H106B4BrClF4N16O10. The molecule has 18 heterocycles. The zero-order valence-corrected chi connectivity index (χ0v) is 75.3. The van der Waals surface area contributed by atoms with E-state index in [-0.39, 0.29) is 62.5 Å². The lowest BCUT2D eigenvalue weighted by Crippen LogP contribution is -2.41. The number of hydrogen-bond acceptors (Lipinski definition) is 20. The number of H-pyrrole nitrogens is 2. The molecule has 0 atom stereocenters. The fourth-order valence-electron chi connectivity index (χ4n) is 15.7. The van der Waals surface area contributed by atoms with Crippen LogP contribution in [0.3, 0.4) is 0 Å². The van der Waals surface area contributed by atoms with Gasteiger partial charge in [0, 0.05) is 94.5 Å². The highest BCUT2D eigenvalue weighted by atomic mass is 79.9. The van der Waals surface area contributed by atoms with E-state index in [1.54, 1.807) is 91.7 Å². The average Bonchev–Trinajstić information content (AvgIpc) is 1.53. The van der Waals surface area contributed by atoms with Gasteiger partial charge in [-0.1, -0.05) is 11.6 Å². The summed E-state index contributed by atoms with van der Waals surface area (Å²) >= 11 is 9.04. The number of hydrogen-bond donors (Lipinski definition) is 2. The van der Waals surface area contributed by atoms with Crippen molar-refractivity contribution in [2.24, 2.45) is 0 Å². The molecule has 8 fully saturated rings. The molecule has 0 radical (unpaired) electrons. The number of halogens is 6. The smallest absolute Gasteiger partial charge is 0.405 e. The van der Waals surface area contributed by atoms with Gasteiger partial charge in [0.15, 0.2) is 45.9 Å². The van der Waals surface area contributed by atoms with Crippen LogP contribution in [0.4, 0.5) is 17.6 Å². The van der Waals surface area contributed by atoms with Gasteiger partial charge in [0.1, 0.15) is 16.8 Å². The number of imidazole rings is 4. The molecule has 20 rings (SSSR count). The Morgan fingerprint density at radius 2 is 0.721 bits per heavy atom. The first kappa shape index (κ1) is 88.5. The van der Waals surface area contributed by atoms with E-state index in [1.165, 1.54) is 49.9 Å². The number of likely N-dealkylation sites (tertiary alicyclic amines) is 2. The van der Waals surface area contributed by atoms with Gasteiger partial charge in [-0.05, 0) is 268 Å². The molecule has 2 N–H and O–H groups in total. The minimum Gasteiger partial charge on any atom is -0.405 e. The quantitative estimate of drug-likeness (QED) is 0.0813. The topological polar surface area (TPSA) is 267 Å². The van der Waals surface area contributed by atoms with Crippen LogP contribution in [0.25, 0.3) is 55.7 Å². The summed E-state index contributed by atoms with van der Waals surface area (Å²) in [6.45, 7) is 43.7. The predicted molar refractivity (Wildman–Crippen MR) is 468 cm³/mol. The van der Waals surface area contributed by atoms with Gasteiger partial charge in [0.05, 0.1) is 107 Å². The van der Waals surface area contributed by atoms with E-state index in [4.69, 9.17) is 53.8 Å². The Morgan fingerprint density at radius 1 is 0.402 bits per heavy atom. The fourth-order valence-corrected chi connectivity index (χ4v) is 16.3. The van der Waals surface area contributed by atoms with E-state index < -0.39 is 56.5 Å². The van der Waals surface area contributed by atoms with E-state index in [0.29, 0.717) is 76.5 Å². The second kappa shape index (κ2) is 33.2. The van der Waals surface area contributed by atoms with Crippen LogP contribution in [0.2, 0.25) is 5.15 Å². The molecule has 6 aliphatic heterocycles. The number of aromatic amines is 2. The Morgan fingerprint density at radius 3 is 1.09 bits per heavy atom. The van der Waals surface area contributed by atoms with Crippen LogP contribution in [0, 0.1) is 51.0 Å². The van der Waals surface area contributed by atoms with Crippen LogP contribution in [-0.2, 0) is 37.2 Å². The SMILES string of the molecule is CC1(C)OB(B2OC(C)(C)C(C)(C)O2)OC1(C)C.Cc1cn2cc(-c3cc4c(=O)[nH]c(C5CCN(C6CC6)CC5)nc4cn3)cc(F)c2n1.Cc1cn2cc(B3OC(C)(C)C(C)(C)O3)cc(F)c2n1.Cc1cn2cc(B3OC(C)(C)C(C)(C)O3)cc(F)c2n1.Cc1cn2cc(Br)cc(F)c2n1.O=c1[nH]c(C2CCN(C3CC3)CC2)nc2cnc(Cl)cc12. The van der Waals surface area contributed by atoms with Crippen molar-refractivity contribution in [3.63, 3.8) is 0 Å². The van der Waals surface area contributed by atoms with Gasteiger partial charge in [0.25, 0.3) is 11.1 Å². The third-order valence-corrected chi connectivity index (χ3v) is 26.4. The molecule has 122 heavy (non-hydrogen) atoms. The first-order chi connectivity index (χ1) is 57.2. The first-order valence-electron chi connectivity index (χ1n) is 41.8. The normalized spacial score (nSPS) is 20.9. The standard InChI is InChI=1S/C23H23FN6O.C15H17ClN4O.2C14H18BFN2O2.C12H24B2O4.C8H6BrFN2/c1-13-11-30-12-15(8-18(24)22(30)26-13)19-9-17-20(10-25-19)27-21(28-23(17)31)14-4-6-29(7-5-14)16-2-3-16;16-13-7-11-12(8-17-13)18-14(19-15(11)21)9-3-5-20(6-4-9)10-1-2-10;2*1-9-7-18-8-10(6-11(16)12(18)17-9)15-19-13(2,3)14(4,5)20-15;1-9(2)10(3,4)16-13(15-9)14-17-11(5,6)12(7,8)18-14;1-5-3-12-4-6(9)2-7(10)8(12)11-5/h8-12,14,16H,2-7H2,1H3,(H,27,28,31);7-10H,1-6H2,(H,18,19,21);2*6-8H,1-5H3;1-8H3;2-4H,1H3. The molecule has 0 aromatic carbocycles. The minimum atomic E-state index is -0.568. The zero-order valence-electron chi connectivity index (χ0n) is 73.0. The number of nitrogens with one attached hydrogen (secondary N) is 2. The zero-order chi connectivity index (χ0) is 87.6. The van der Waals surface area contributed by atoms with E-state index in [9.17, 15) is 27.2 Å². The molecule has 0 spiro atoms. The van der Waals surface area contributed by atoms with Crippen molar-refractivity contribution in [3.8, 4) is 11.3 Å². The number of rotatable bonds is 8. The predicted octanol–water partition coefficient (Wildman–Crippen LogP) is 14.7. The lowest BCUT2D eigenvalue weighted by atomic mass is 9.49. The summed E-state index contributed by atoms with van der Waals surface area (Å²) in [6, 6.07) is 10.5. The summed E-state index contributed by atoms with van der Waals surface area (Å²) in [5.41, 5.74) is 4.53. The maximum absolute atomic E-state index is 14.5. The molecule has 12 aromatic heterocycles. The number of aryl methyl sites for hydroxylation is 4. The van der Waals surface area contributed by atoms with Crippen LogP contribution in [-0.4, -0.2) is 189 Å². The summed E-state index contributed by atoms with van der Waals surface area (Å²) < 4.78 is 111. The van der Waals surface area contributed by atoms with Crippen molar-refractivity contribution in [3.05, 3.63) is 186 Å². The van der Waals surface area contributed by atoms with Gasteiger partial charge >= 0.3 is 28.3 Å². The van der Waals surface area contributed by atoms with Crippen LogP contribution < -0.4 is 22.0 Å². The number of aromatic nitrogens is 14. The van der Waals surface area contributed by atoms with Gasteiger partial charge in [-0.25, -0.2) is 52.4 Å². The van der Waals surface area contributed by atoms with Gasteiger partial charge in [-0.3, -0.25) is 14.6 Å². The molecule has 644 valence electrons. The largest absolute Gasteiger partial charge is 0.496 e. The lowest BCUT2D eigenvalue weighted by molar-refractivity contribution is 0.00578. The summed E-state index contributed by atoms with van der Waals surface area (Å²) in [4.78, 5) is 70.4. The van der Waals surface area contributed by atoms with Crippen molar-refractivity contribution >= 4 is 111 Å². The molecule has 0 amide bonds. The molecule has 2 aliphatic carbocycles. The second-order valence-electron chi connectivity index (χ2n) is 37.3. The molecule has 36 heteroatoms. The van der Waals surface area contributed by atoms with Crippen LogP contribution >= 0.6 is 27.5 Å². The Balaban J connectivity index is 0.000000116. The molecule has 12 aromatic rings. The molecule has 8 aliphatic rings. The van der Waals surface area contributed by atoms with Crippen LogP contribution in [0.15, 0.2) is 112 Å². The summed E-state index contributed by atoms with van der Waals surface area (Å²) in [7, 11) is -2.09. The second-order valence-corrected chi connectivity index (χ2v) is 38.6. The Kier molecular flexibility index (Phi) is 24.1. The maximum Gasteiger partial charge on any atom is 0.496 e. The van der Waals surface area contributed by atoms with E-state index >= 15 is 0 Å². The highest BCUT2D eigenvalue weighted by molar-refractivity contribution is 9.10. The molecule has 2 saturated carbocycles. The van der Waals surface area contributed by atoms with Crippen LogP contribution in [0.5, 0.6) is 0 Å². The fraction of sp³-hybridized carbons (Fsp3) is 0.512. The average molecular weight is 1760 g/mol. The Hall–Kier alpha value is -8.31. The highest BCUT2D eigenvalue weighted by Crippen LogP contribution is 2.45. The lowest BCUT2D eigenvalue weighted by Gasteiger charge is -2.32. The number of piperidine rings is 2. The number of nitrogens with zero attached hydrogens (tertiary/aromatic N) is 14. The van der Waals surface area contributed by atoms with E-state index in [2.05, 4.69) is 70.6 Å². The highest BCUT2D eigenvalue weighted by Gasteiger charge is 2.64. The van der Waals surface area contributed by atoms with Gasteiger partial charge in [0.2, 0.25) is 0 Å². The molecule has 0 unspecified atom stereocenters. The first-order valence-corrected chi connectivity index (χ1v) is 43.0. The third kappa shape index (κ3) is 18.5. The maximum atomic E-state index is 14.5. The molecule has 0 bridgehead atoms. The molecular weight excluding hydrogens is 1650 g/mol. The van der Waals surface area contributed by atoms with Crippen molar-refractivity contribution in [2.45, 2.75) is 259 Å². The summed E-state index contributed by atoms with van der Waals surface area (Å²) in [5.74, 6) is 0.692. The molecule has 26 nitrogen and oxygen atoms in total.